The Hall–Kier alpha value is -2.32. The number of hydrogen-bond acceptors (Lipinski definition) is 3. The summed E-state index contributed by atoms with van der Waals surface area (Å²) in [6, 6.07) is 3.39. The molecule has 6 nitrogen and oxygen atoms in total. The Morgan fingerprint density at radius 1 is 1.43 bits per heavy atom. The second-order valence-electron chi connectivity index (χ2n) is 5.52. The van der Waals surface area contributed by atoms with Crippen molar-refractivity contribution in [3.63, 3.8) is 0 Å². The third-order valence-corrected chi connectivity index (χ3v) is 3.82. The molecule has 1 aliphatic rings. The minimum Gasteiger partial charge on any atom is -0.324 e. The highest BCUT2D eigenvalue weighted by Gasteiger charge is 2.42. The van der Waals surface area contributed by atoms with Gasteiger partial charge < -0.3 is 10.2 Å². The van der Waals surface area contributed by atoms with Crippen molar-refractivity contribution in [3.8, 4) is 0 Å². The number of nitro groups is 1. The molecule has 0 aromatic heterocycles. The van der Waals surface area contributed by atoms with E-state index in [1.54, 1.807) is 0 Å². The molecule has 1 N–H and O–H groups in total. The summed E-state index contributed by atoms with van der Waals surface area (Å²) in [6.07, 6.45) is -4.01. The maximum Gasteiger partial charge on any atom is 0.393 e. The highest BCUT2D eigenvalue weighted by atomic mass is 19.4. The monoisotopic (exact) mass is 331 g/mol. The molecule has 9 heteroatoms. The van der Waals surface area contributed by atoms with E-state index in [4.69, 9.17) is 0 Å². The lowest BCUT2D eigenvalue weighted by atomic mass is 9.98. The fourth-order valence-corrected chi connectivity index (χ4v) is 2.57. The number of piperidine rings is 1. The number of aryl methyl sites for hydroxylation is 1. The third-order valence-electron chi connectivity index (χ3n) is 3.82. The molecule has 0 unspecified atom stereocenters. The lowest BCUT2D eigenvalue weighted by Crippen LogP contribution is -2.46. The molecule has 1 aromatic carbocycles. The van der Waals surface area contributed by atoms with Gasteiger partial charge in [0, 0.05) is 30.4 Å². The van der Waals surface area contributed by atoms with Gasteiger partial charge in [-0.25, -0.2) is 4.79 Å². The fraction of sp³-hybridized carbons (Fsp3) is 0.500. The van der Waals surface area contributed by atoms with Gasteiger partial charge in [0.05, 0.1) is 10.8 Å². The summed E-state index contributed by atoms with van der Waals surface area (Å²) in [5.41, 5.74) is 0.588. The summed E-state index contributed by atoms with van der Waals surface area (Å²) in [4.78, 5) is 23.4. The molecular weight excluding hydrogens is 315 g/mol. The second-order valence-corrected chi connectivity index (χ2v) is 5.52. The number of halogens is 3. The van der Waals surface area contributed by atoms with Crippen molar-refractivity contribution in [3.05, 3.63) is 33.9 Å². The minimum absolute atomic E-state index is 0.0178. The van der Waals surface area contributed by atoms with Crippen LogP contribution in [0.5, 0.6) is 0 Å². The van der Waals surface area contributed by atoms with E-state index in [0.717, 1.165) is 4.90 Å². The zero-order valence-electron chi connectivity index (χ0n) is 12.4. The molecule has 0 radical (unpaired) electrons. The molecule has 23 heavy (non-hydrogen) atoms. The van der Waals surface area contributed by atoms with Crippen molar-refractivity contribution < 1.29 is 22.9 Å². The number of rotatable bonds is 2. The quantitative estimate of drug-likeness (QED) is 0.663. The smallest absolute Gasteiger partial charge is 0.324 e. The van der Waals surface area contributed by atoms with Crippen LogP contribution >= 0.6 is 0 Å². The number of urea groups is 1. The first-order valence-corrected chi connectivity index (χ1v) is 7.06. The summed E-state index contributed by atoms with van der Waals surface area (Å²) in [6.45, 7) is 1.40. The maximum atomic E-state index is 12.8. The number of amides is 2. The summed E-state index contributed by atoms with van der Waals surface area (Å²) in [7, 11) is 0. The lowest BCUT2D eigenvalue weighted by Gasteiger charge is -2.33. The topological polar surface area (TPSA) is 75.5 Å². The SMILES string of the molecule is Cc1cc(NC(=O)N2CCC[C@@H](C(F)(F)F)C2)ccc1[N+](=O)[O-]. The second kappa shape index (κ2) is 6.43. The first-order valence-electron chi connectivity index (χ1n) is 7.06. The molecule has 0 bridgehead atoms. The zero-order valence-corrected chi connectivity index (χ0v) is 12.4. The molecule has 2 amide bonds. The molecular formula is C14H16F3N3O3. The number of nitrogens with one attached hydrogen (secondary N) is 1. The van der Waals surface area contributed by atoms with Crippen LogP contribution in [-0.4, -0.2) is 35.1 Å². The van der Waals surface area contributed by atoms with E-state index in [0.29, 0.717) is 11.3 Å². The fourth-order valence-electron chi connectivity index (χ4n) is 2.57. The molecule has 1 aromatic rings. The molecule has 1 fully saturated rings. The first kappa shape index (κ1) is 17.0. The van der Waals surface area contributed by atoms with E-state index < -0.39 is 23.0 Å². The van der Waals surface area contributed by atoms with Crippen molar-refractivity contribution in [2.24, 2.45) is 5.92 Å². The number of hydrogen-bond donors (Lipinski definition) is 1. The van der Waals surface area contributed by atoms with Crippen molar-refractivity contribution in [2.45, 2.75) is 25.9 Å². The van der Waals surface area contributed by atoms with Gasteiger partial charge in [-0.1, -0.05) is 0 Å². The van der Waals surface area contributed by atoms with Gasteiger partial charge in [0.1, 0.15) is 0 Å². The number of likely N-dealkylation sites (tertiary alicyclic amines) is 1. The first-order chi connectivity index (χ1) is 10.7. The number of anilines is 1. The van der Waals surface area contributed by atoms with Gasteiger partial charge in [-0.15, -0.1) is 0 Å². The normalized spacial score (nSPS) is 18.6. The lowest BCUT2D eigenvalue weighted by molar-refractivity contribution is -0.385. The van der Waals surface area contributed by atoms with E-state index in [9.17, 15) is 28.1 Å². The van der Waals surface area contributed by atoms with Crippen molar-refractivity contribution in [1.82, 2.24) is 4.90 Å². The van der Waals surface area contributed by atoms with E-state index in [1.807, 2.05) is 0 Å². The van der Waals surface area contributed by atoms with E-state index in [-0.39, 0.29) is 31.6 Å². The highest BCUT2D eigenvalue weighted by molar-refractivity contribution is 5.89. The predicted molar refractivity (Wildman–Crippen MR) is 77.2 cm³/mol. The summed E-state index contributed by atoms with van der Waals surface area (Å²) in [5.74, 6) is -1.51. The van der Waals surface area contributed by atoms with Crippen LogP contribution < -0.4 is 5.32 Å². The van der Waals surface area contributed by atoms with Crippen LogP contribution in [-0.2, 0) is 0 Å². The zero-order chi connectivity index (χ0) is 17.2. The minimum atomic E-state index is -4.32. The Balaban J connectivity index is 2.04. The van der Waals surface area contributed by atoms with Crippen LogP contribution in [0, 0.1) is 23.0 Å². The van der Waals surface area contributed by atoms with Crippen LogP contribution in [0.25, 0.3) is 0 Å². The van der Waals surface area contributed by atoms with Gasteiger partial charge >= 0.3 is 12.2 Å². The Labute approximate surface area is 130 Å². The summed E-state index contributed by atoms with van der Waals surface area (Å²) < 4.78 is 38.3. The molecule has 1 heterocycles. The van der Waals surface area contributed by atoms with Crippen LogP contribution in [0.1, 0.15) is 18.4 Å². The van der Waals surface area contributed by atoms with Crippen molar-refractivity contribution >= 4 is 17.4 Å². The molecule has 2 rings (SSSR count). The van der Waals surface area contributed by atoms with Gasteiger partial charge in [0.15, 0.2) is 0 Å². The molecule has 0 spiro atoms. The number of nitrogens with zero attached hydrogens (tertiary/aromatic N) is 2. The van der Waals surface area contributed by atoms with Crippen molar-refractivity contribution in [1.29, 1.82) is 0 Å². The van der Waals surface area contributed by atoms with Crippen LogP contribution in [0.15, 0.2) is 18.2 Å². The van der Waals surface area contributed by atoms with Crippen molar-refractivity contribution in [2.75, 3.05) is 18.4 Å². The molecule has 0 aliphatic carbocycles. The van der Waals surface area contributed by atoms with Crippen LogP contribution in [0.4, 0.5) is 29.3 Å². The number of carbonyl (C=O) groups is 1. The Morgan fingerprint density at radius 3 is 2.70 bits per heavy atom. The maximum absolute atomic E-state index is 12.8. The number of carbonyl (C=O) groups excluding carboxylic acids is 1. The number of benzene rings is 1. The average Bonchev–Trinajstić information content (AvgIpc) is 2.46. The molecule has 126 valence electrons. The molecule has 0 saturated carbocycles. The van der Waals surface area contributed by atoms with Crippen LogP contribution in [0.3, 0.4) is 0 Å². The largest absolute Gasteiger partial charge is 0.393 e. The van der Waals surface area contributed by atoms with E-state index in [1.165, 1.54) is 25.1 Å². The molecule has 1 atom stereocenters. The van der Waals surface area contributed by atoms with E-state index in [2.05, 4.69) is 5.32 Å². The van der Waals surface area contributed by atoms with Crippen LogP contribution in [0.2, 0.25) is 0 Å². The third kappa shape index (κ3) is 4.11. The van der Waals surface area contributed by atoms with Gasteiger partial charge in [-0.05, 0) is 31.9 Å². The van der Waals surface area contributed by atoms with Gasteiger partial charge in [0.2, 0.25) is 0 Å². The number of nitro benzene ring substituents is 1. The molecule has 1 saturated heterocycles. The van der Waals surface area contributed by atoms with E-state index >= 15 is 0 Å². The van der Waals surface area contributed by atoms with Gasteiger partial charge in [-0.3, -0.25) is 10.1 Å². The standard InChI is InChI=1S/C14H16F3N3O3/c1-9-7-11(4-5-12(9)20(22)23)18-13(21)19-6-2-3-10(8-19)14(15,16)17/h4-5,7,10H,2-3,6,8H2,1H3,(H,18,21)/t10-/m1/s1. The number of alkyl halides is 3. The average molecular weight is 331 g/mol. The summed E-state index contributed by atoms with van der Waals surface area (Å²) >= 11 is 0. The highest BCUT2D eigenvalue weighted by Crippen LogP contribution is 2.33. The Morgan fingerprint density at radius 2 is 2.13 bits per heavy atom. The predicted octanol–water partition coefficient (Wildman–Crippen LogP) is 3.71. The van der Waals surface area contributed by atoms with Gasteiger partial charge in [-0.2, -0.15) is 13.2 Å². The van der Waals surface area contributed by atoms with Gasteiger partial charge in [0.25, 0.3) is 5.69 Å². The molecule has 1 aliphatic heterocycles. The Bertz CT molecular complexity index is 619. The summed E-state index contributed by atoms with van der Waals surface area (Å²) in [5, 5.41) is 13.2. The Kier molecular flexibility index (Phi) is 4.76.